The minimum atomic E-state index is 0.583. The molecule has 3 saturated carbocycles. The highest BCUT2D eigenvalue weighted by molar-refractivity contribution is 5.19. The van der Waals surface area contributed by atoms with Crippen molar-refractivity contribution in [2.24, 2.45) is 35.0 Å². The van der Waals surface area contributed by atoms with Crippen LogP contribution >= 0.6 is 0 Å². The fourth-order valence-electron chi connectivity index (χ4n) is 6.28. The SMILES string of the molecule is CC.CC1(C)CCC2C(=CCC3C4CCCC4CCC23)C1. The van der Waals surface area contributed by atoms with Crippen LogP contribution in [-0.4, -0.2) is 0 Å². The summed E-state index contributed by atoms with van der Waals surface area (Å²) in [4.78, 5) is 0. The zero-order valence-corrected chi connectivity index (χ0v) is 14.8. The van der Waals surface area contributed by atoms with Gasteiger partial charge in [0.2, 0.25) is 0 Å². The topological polar surface area (TPSA) is 0 Å². The Bertz CT molecular complexity index is 389. The van der Waals surface area contributed by atoms with Gasteiger partial charge in [-0.05, 0) is 80.0 Å². The van der Waals surface area contributed by atoms with Gasteiger partial charge in [0.05, 0.1) is 0 Å². The number of fused-ring (bicyclic) bond motifs is 5. The van der Waals surface area contributed by atoms with Gasteiger partial charge in [-0.15, -0.1) is 0 Å². The lowest BCUT2D eigenvalue weighted by Gasteiger charge is -2.50. The number of hydrogen-bond acceptors (Lipinski definition) is 0. The third kappa shape index (κ3) is 2.84. The highest BCUT2D eigenvalue weighted by atomic mass is 14.5. The highest BCUT2D eigenvalue weighted by Crippen LogP contribution is 2.57. The third-order valence-corrected chi connectivity index (χ3v) is 7.15. The van der Waals surface area contributed by atoms with Crippen molar-refractivity contribution in [2.45, 2.75) is 85.5 Å². The molecule has 5 unspecified atom stereocenters. The van der Waals surface area contributed by atoms with Crippen LogP contribution in [0.25, 0.3) is 0 Å². The predicted molar refractivity (Wildman–Crippen MR) is 92.2 cm³/mol. The standard InChI is InChI=1S/C19H30.C2H6/c1-19(2)11-10-16-14(12-19)7-9-17-15-5-3-4-13(15)6-8-18(16)17;1-2/h7,13,15-18H,3-6,8-12H2,1-2H3;1-2H3. The molecule has 0 amide bonds. The Balaban J connectivity index is 0.000000636. The van der Waals surface area contributed by atoms with Gasteiger partial charge in [-0.25, -0.2) is 0 Å². The molecule has 0 nitrogen and oxygen atoms in total. The maximum absolute atomic E-state index is 2.70. The first-order chi connectivity index (χ1) is 10.1. The maximum Gasteiger partial charge on any atom is -0.0172 e. The van der Waals surface area contributed by atoms with E-state index in [9.17, 15) is 0 Å². The summed E-state index contributed by atoms with van der Waals surface area (Å²) in [6.07, 6.45) is 16.3. The lowest BCUT2D eigenvalue weighted by molar-refractivity contribution is 0.0513. The van der Waals surface area contributed by atoms with Crippen LogP contribution in [0.15, 0.2) is 11.6 Å². The molecule has 0 heteroatoms. The highest BCUT2D eigenvalue weighted by Gasteiger charge is 2.47. The van der Waals surface area contributed by atoms with E-state index in [1.807, 2.05) is 19.4 Å². The van der Waals surface area contributed by atoms with Crippen LogP contribution in [0.4, 0.5) is 0 Å². The molecular weight excluding hydrogens is 252 g/mol. The molecule has 0 heterocycles. The van der Waals surface area contributed by atoms with E-state index >= 15 is 0 Å². The normalized spacial score (nSPS) is 43.6. The van der Waals surface area contributed by atoms with Crippen molar-refractivity contribution in [3.63, 3.8) is 0 Å². The van der Waals surface area contributed by atoms with E-state index < -0.39 is 0 Å². The summed E-state index contributed by atoms with van der Waals surface area (Å²) < 4.78 is 0. The first kappa shape index (κ1) is 15.6. The summed E-state index contributed by atoms with van der Waals surface area (Å²) in [5.41, 5.74) is 2.45. The summed E-state index contributed by atoms with van der Waals surface area (Å²) >= 11 is 0. The molecule has 0 aromatic carbocycles. The van der Waals surface area contributed by atoms with E-state index in [4.69, 9.17) is 0 Å². The molecule has 0 spiro atoms. The van der Waals surface area contributed by atoms with Crippen LogP contribution in [0.5, 0.6) is 0 Å². The molecule has 21 heavy (non-hydrogen) atoms. The Kier molecular flexibility index (Phi) is 4.53. The van der Waals surface area contributed by atoms with Gasteiger partial charge in [-0.1, -0.05) is 52.2 Å². The molecule has 3 fully saturated rings. The monoisotopic (exact) mass is 288 g/mol. The summed E-state index contributed by atoms with van der Waals surface area (Å²) in [6, 6.07) is 0. The second-order valence-electron chi connectivity index (χ2n) is 8.76. The van der Waals surface area contributed by atoms with Gasteiger partial charge in [0.15, 0.2) is 0 Å². The molecule has 0 saturated heterocycles. The van der Waals surface area contributed by atoms with Gasteiger partial charge in [0, 0.05) is 0 Å². The van der Waals surface area contributed by atoms with Crippen molar-refractivity contribution in [1.29, 1.82) is 0 Å². The van der Waals surface area contributed by atoms with Crippen molar-refractivity contribution in [2.75, 3.05) is 0 Å². The van der Waals surface area contributed by atoms with Crippen molar-refractivity contribution >= 4 is 0 Å². The predicted octanol–water partition coefficient (Wildman–Crippen LogP) is 6.61. The van der Waals surface area contributed by atoms with Crippen LogP contribution in [0.1, 0.15) is 85.5 Å². The second-order valence-corrected chi connectivity index (χ2v) is 8.76. The molecule has 5 atom stereocenters. The molecule has 4 rings (SSSR count). The lowest BCUT2D eigenvalue weighted by Crippen LogP contribution is -2.41. The smallest absolute Gasteiger partial charge is 0.0172 e. The van der Waals surface area contributed by atoms with Crippen LogP contribution in [0, 0.1) is 35.0 Å². The number of allylic oxidation sites excluding steroid dienone is 2. The van der Waals surface area contributed by atoms with E-state index in [1.54, 1.807) is 25.7 Å². The van der Waals surface area contributed by atoms with Gasteiger partial charge in [0.1, 0.15) is 0 Å². The minimum Gasteiger partial charge on any atom is -0.0847 e. The van der Waals surface area contributed by atoms with Crippen molar-refractivity contribution in [1.82, 2.24) is 0 Å². The summed E-state index contributed by atoms with van der Waals surface area (Å²) in [5, 5.41) is 0. The first-order valence-corrected chi connectivity index (χ1v) is 9.83. The molecule has 4 aliphatic rings. The molecule has 0 N–H and O–H groups in total. The van der Waals surface area contributed by atoms with Gasteiger partial charge >= 0.3 is 0 Å². The largest absolute Gasteiger partial charge is 0.0847 e. The lowest BCUT2D eigenvalue weighted by atomic mass is 9.55. The zero-order chi connectivity index (χ0) is 15.0. The Morgan fingerprint density at radius 3 is 2.52 bits per heavy atom. The average Bonchev–Trinajstić information content (AvgIpc) is 2.96. The first-order valence-electron chi connectivity index (χ1n) is 9.83. The van der Waals surface area contributed by atoms with Crippen molar-refractivity contribution < 1.29 is 0 Å². The maximum atomic E-state index is 2.70. The van der Waals surface area contributed by atoms with Gasteiger partial charge < -0.3 is 0 Å². The summed E-state index contributed by atoms with van der Waals surface area (Å²) in [5.74, 6) is 5.39. The van der Waals surface area contributed by atoms with Gasteiger partial charge in [-0.2, -0.15) is 0 Å². The Morgan fingerprint density at radius 1 is 0.905 bits per heavy atom. The molecule has 4 aliphatic carbocycles. The van der Waals surface area contributed by atoms with Crippen molar-refractivity contribution in [3.8, 4) is 0 Å². The van der Waals surface area contributed by atoms with Crippen LogP contribution in [0.2, 0.25) is 0 Å². The van der Waals surface area contributed by atoms with E-state index in [1.165, 1.54) is 32.1 Å². The number of hydrogen-bond donors (Lipinski definition) is 0. The van der Waals surface area contributed by atoms with E-state index in [-0.39, 0.29) is 0 Å². The Morgan fingerprint density at radius 2 is 1.71 bits per heavy atom. The van der Waals surface area contributed by atoms with E-state index in [2.05, 4.69) is 19.9 Å². The van der Waals surface area contributed by atoms with Gasteiger partial charge in [-0.3, -0.25) is 0 Å². The average molecular weight is 289 g/mol. The van der Waals surface area contributed by atoms with Crippen LogP contribution in [0.3, 0.4) is 0 Å². The fourth-order valence-corrected chi connectivity index (χ4v) is 6.28. The Hall–Kier alpha value is -0.260. The summed E-state index contributed by atoms with van der Waals surface area (Å²) in [7, 11) is 0. The molecule has 0 bridgehead atoms. The molecular formula is C21H36. The quantitative estimate of drug-likeness (QED) is 0.440. The van der Waals surface area contributed by atoms with Crippen LogP contribution < -0.4 is 0 Å². The molecule has 120 valence electrons. The molecule has 0 radical (unpaired) electrons. The van der Waals surface area contributed by atoms with Gasteiger partial charge in [0.25, 0.3) is 0 Å². The molecule has 0 aromatic heterocycles. The van der Waals surface area contributed by atoms with Crippen molar-refractivity contribution in [3.05, 3.63) is 11.6 Å². The fraction of sp³-hybridized carbons (Fsp3) is 0.905. The number of rotatable bonds is 0. The van der Waals surface area contributed by atoms with E-state index in [0.29, 0.717) is 5.41 Å². The summed E-state index contributed by atoms with van der Waals surface area (Å²) in [6.45, 7) is 8.95. The minimum absolute atomic E-state index is 0.583. The second kappa shape index (κ2) is 6.09. The van der Waals surface area contributed by atoms with E-state index in [0.717, 1.165) is 29.6 Å². The Labute approximate surface area is 132 Å². The molecule has 0 aromatic rings. The molecule has 0 aliphatic heterocycles. The third-order valence-electron chi connectivity index (χ3n) is 7.15. The zero-order valence-electron chi connectivity index (χ0n) is 14.8. The van der Waals surface area contributed by atoms with Crippen LogP contribution in [-0.2, 0) is 0 Å².